The van der Waals surface area contributed by atoms with E-state index in [4.69, 9.17) is 9.84 Å². The molecule has 0 saturated heterocycles. The molecular weight excluding hydrogens is 420 g/mol. The van der Waals surface area contributed by atoms with Crippen molar-refractivity contribution in [1.82, 2.24) is 10.6 Å². The fraction of sp³-hybridized carbons (Fsp3) is 0.423. The van der Waals surface area contributed by atoms with Gasteiger partial charge in [0, 0.05) is 18.9 Å². The van der Waals surface area contributed by atoms with E-state index in [1.165, 1.54) is 0 Å². The molecule has 0 spiro atoms. The van der Waals surface area contributed by atoms with Crippen molar-refractivity contribution in [2.45, 2.75) is 51.5 Å². The number of hydrogen-bond donors (Lipinski definition) is 3. The van der Waals surface area contributed by atoms with Crippen LogP contribution >= 0.6 is 0 Å². The van der Waals surface area contributed by atoms with E-state index in [9.17, 15) is 14.4 Å². The molecule has 0 aliphatic heterocycles. The van der Waals surface area contributed by atoms with Crippen LogP contribution in [-0.2, 0) is 14.3 Å². The number of hydrogen-bond acceptors (Lipinski definition) is 4. The molecule has 7 heteroatoms. The third-order valence-electron chi connectivity index (χ3n) is 6.27. The summed E-state index contributed by atoms with van der Waals surface area (Å²) in [7, 11) is 0. The second-order valence-electron chi connectivity index (χ2n) is 8.48. The maximum atomic E-state index is 12.3. The maximum Gasteiger partial charge on any atom is 0.407 e. The summed E-state index contributed by atoms with van der Waals surface area (Å²) in [6.45, 7) is 4.25. The Morgan fingerprint density at radius 2 is 1.61 bits per heavy atom. The van der Waals surface area contributed by atoms with Gasteiger partial charge >= 0.3 is 12.1 Å². The molecule has 0 radical (unpaired) electrons. The van der Waals surface area contributed by atoms with Crippen molar-refractivity contribution in [1.29, 1.82) is 0 Å². The van der Waals surface area contributed by atoms with E-state index >= 15 is 0 Å². The zero-order valence-electron chi connectivity index (χ0n) is 19.2. The highest BCUT2D eigenvalue weighted by atomic mass is 16.5. The number of carboxylic acid groups (broad SMARTS) is 1. The Hall–Kier alpha value is -3.35. The summed E-state index contributed by atoms with van der Waals surface area (Å²) in [5.74, 6) is -0.897. The number of nitrogens with one attached hydrogen (secondary N) is 2. The van der Waals surface area contributed by atoms with Gasteiger partial charge in [0.15, 0.2) is 0 Å². The molecule has 176 valence electrons. The van der Waals surface area contributed by atoms with E-state index in [1.807, 2.05) is 31.2 Å². The van der Waals surface area contributed by atoms with Gasteiger partial charge in [-0.2, -0.15) is 0 Å². The highest BCUT2D eigenvalue weighted by Crippen LogP contribution is 2.44. The average Bonchev–Trinajstić information content (AvgIpc) is 3.13. The van der Waals surface area contributed by atoms with E-state index < -0.39 is 18.1 Å². The van der Waals surface area contributed by atoms with E-state index in [0.29, 0.717) is 19.4 Å². The van der Waals surface area contributed by atoms with Gasteiger partial charge in [-0.15, -0.1) is 0 Å². The number of carboxylic acids is 1. The van der Waals surface area contributed by atoms with Crippen molar-refractivity contribution in [3.63, 3.8) is 0 Å². The smallest absolute Gasteiger partial charge is 0.407 e. The van der Waals surface area contributed by atoms with Crippen molar-refractivity contribution < 1.29 is 24.2 Å². The number of amides is 2. The second kappa shape index (κ2) is 11.5. The summed E-state index contributed by atoms with van der Waals surface area (Å²) in [4.78, 5) is 35.4. The second-order valence-corrected chi connectivity index (χ2v) is 8.48. The maximum absolute atomic E-state index is 12.3. The number of benzene rings is 2. The number of carbonyl (C=O) groups is 3. The predicted octanol–water partition coefficient (Wildman–Crippen LogP) is 4.31. The molecule has 3 N–H and O–H groups in total. The highest BCUT2D eigenvalue weighted by Gasteiger charge is 2.29. The topological polar surface area (TPSA) is 105 Å². The molecule has 33 heavy (non-hydrogen) atoms. The third kappa shape index (κ3) is 6.34. The molecule has 3 rings (SSSR count). The lowest BCUT2D eigenvalue weighted by molar-refractivity contribution is -0.137. The van der Waals surface area contributed by atoms with Gasteiger partial charge in [0.05, 0.1) is 0 Å². The van der Waals surface area contributed by atoms with Gasteiger partial charge in [-0.3, -0.25) is 9.59 Å². The van der Waals surface area contributed by atoms with Crippen LogP contribution in [0, 0.1) is 5.92 Å². The lowest BCUT2D eigenvalue weighted by Gasteiger charge is -2.18. The van der Waals surface area contributed by atoms with Crippen molar-refractivity contribution in [3.8, 4) is 11.1 Å². The molecule has 2 amide bonds. The first-order valence-corrected chi connectivity index (χ1v) is 11.5. The van der Waals surface area contributed by atoms with Gasteiger partial charge in [-0.1, -0.05) is 61.9 Å². The van der Waals surface area contributed by atoms with Crippen LogP contribution in [-0.4, -0.2) is 42.3 Å². The fourth-order valence-corrected chi connectivity index (χ4v) is 4.32. The number of aliphatic carboxylic acids is 1. The number of fused-ring (bicyclic) bond motifs is 3. The van der Waals surface area contributed by atoms with Gasteiger partial charge in [-0.05, 0) is 47.9 Å². The number of ether oxygens (including phenoxy) is 1. The molecule has 7 nitrogen and oxygen atoms in total. The standard InChI is InChI=1S/C26H32N2O5/c1-3-18(12-13-24(29)30)14-15-27-25(31)17(2)28-26(32)33-16-23-21-10-6-4-8-19(21)20-9-5-7-11-22(20)23/h4-11,17-18,23H,3,12-16H2,1-2H3,(H,27,31)(H,28,32)(H,29,30)/t17-,18?/m1/s1. The summed E-state index contributed by atoms with van der Waals surface area (Å²) < 4.78 is 5.49. The first-order valence-electron chi connectivity index (χ1n) is 11.5. The van der Waals surface area contributed by atoms with Crippen LogP contribution in [0.4, 0.5) is 4.79 Å². The van der Waals surface area contributed by atoms with Crippen molar-refractivity contribution in [3.05, 3.63) is 59.7 Å². The largest absolute Gasteiger partial charge is 0.481 e. The Balaban J connectivity index is 1.45. The van der Waals surface area contributed by atoms with Crippen LogP contribution in [0.3, 0.4) is 0 Å². The molecule has 1 unspecified atom stereocenters. The SMILES string of the molecule is CCC(CCNC(=O)[C@@H](C)NC(=O)OCC1c2ccccc2-c2ccccc21)CCC(=O)O. The lowest BCUT2D eigenvalue weighted by atomic mass is 9.96. The minimum absolute atomic E-state index is 0.0379. The molecule has 2 atom stereocenters. The van der Waals surface area contributed by atoms with E-state index in [2.05, 4.69) is 34.9 Å². The quantitative estimate of drug-likeness (QED) is 0.471. The Labute approximate surface area is 194 Å². The predicted molar refractivity (Wildman–Crippen MR) is 126 cm³/mol. The summed E-state index contributed by atoms with van der Waals surface area (Å²) >= 11 is 0. The van der Waals surface area contributed by atoms with Crippen LogP contribution < -0.4 is 10.6 Å². The monoisotopic (exact) mass is 452 g/mol. The van der Waals surface area contributed by atoms with Crippen LogP contribution in [0.1, 0.15) is 56.6 Å². The number of carbonyl (C=O) groups excluding carboxylic acids is 2. The molecular formula is C26H32N2O5. The molecule has 1 aliphatic carbocycles. The highest BCUT2D eigenvalue weighted by molar-refractivity contribution is 5.85. The van der Waals surface area contributed by atoms with Crippen LogP contribution in [0.2, 0.25) is 0 Å². The summed E-state index contributed by atoms with van der Waals surface area (Å²) in [6, 6.07) is 15.5. The molecule has 0 aromatic heterocycles. The molecule has 0 fully saturated rings. The Kier molecular flexibility index (Phi) is 8.46. The summed E-state index contributed by atoms with van der Waals surface area (Å²) in [5, 5.41) is 14.2. The molecule has 2 aromatic rings. The van der Waals surface area contributed by atoms with E-state index in [-0.39, 0.29) is 30.8 Å². The number of alkyl carbamates (subject to hydrolysis) is 1. The number of rotatable bonds is 11. The minimum atomic E-state index is -0.807. The van der Waals surface area contributed by atoms with E-state index in [0.717, 1.165) is 28.7 Å². The molecule has 0 heterocycles. The Bertz CT molecular complexity index is 945. The first-order chi connectivity index (χ1) is 15.9. The third-order valence-corrected chi connectivity index (χ3v) is 6.27. The molecule has 1 aliphatic rings. The van der Waals surface area contributed by atoms with Crippen molar-refractivity contribution in [2.75, 3.05) is 13.2 Å². The van der Waals surface area contributed by atoms with Gasteiger partial charge in [0.25, 0.3) is 0 Å². The average molecular weight is 453 g/mol. The van der Waals surface area contributed by atoms with Crippen LogP contribution in [0.15, 0.2) is 48.5 Å². The van der Waals surface area contributed by atoms with Crippen molar-refractivity contribution >= 4 is 18.0 Å². The van der Waals surface area contributed by atoms with Gasteiger partial charge in [0.1, 0.15) is 12.6 Å². The summed E-state index contributed by atoms with van der Waals surface area (Å²) in [5.41, 5.74) is 4.57. The lowest BCUT2D eigenvalue weighted by Crippen LogP contribution is -2.45. The van der Waals surface area contributed by atoms with E-state index in [1.54, 1.807) is 6.92 Å². The van der Waals surface area contributed by atoms with Gasteiger partial charge in [0.2, 0.25) is 5.91 Å². The Morgan fingerprint density at radius 3 is 2.18 bits per heavy atom. The fourth-order valence-electron chi connectivity index (χ4n) is 4.32. The van der Waals surface area contributed by atoms with Crippen molar-refractivity contribution in [2.24, 2.45) is 5.92 Å². The molecule has 0 saturated carbocycles. The molecule has 0 bridgehead atoms. The molecule has 2 aromatic carbocycles. The minimum Gasteiger partial charge on any atom is -0.481 e. The zero-order valence-corrected chi connectivity index (χ0v) is 19.2. The van der Waals surface area contributed by atoms with Crippen LogP contribution in [0.5, 0.6) is 0 Å². The summed E-state index contributed by atoms with van der Waals surface area (Å²) in [6.07, 6.45) is 1.65. The van der Waals surface area contributed by atoms with Crippen LogP contribution in [0.25, 0.3) is 11.1 Å². The first kappa shape index (κ1) is 24.3. The Morgan fingerprint density at radius 1 is 1.00 bits per heavy atom. The van der Waals surface area contributed by atoms with Gasteiger partial charge in [-0.25, -0.2) is 4.79 Å². The van der Waals surface area contributed by atoms with Gasteiger partial charge < -0.3 is 20.5 Å². The zero-order chi connectivity index (χ0) is 23.8. The normalized spacial score (nSPS) is 14.0.